The average molecular weight is 474 g/mol. The second-order valence-corrected chi connectivity index (χ2v) is 9.70. The van der Waals surface area contributed by atoms with Crippen LogP contribution in [0.15, 0.2) is 65.6 Å². The Balaban J connectivity index is 2.10. The van der Waals surface area contributed by atoms with E-state index in [2.05, 4.69) is 0 Å². The first-order chi connectivity index (χ1) is 15.2. The van der Waals surface area contributed by atoms with Gasteiger partial charge in [-0.1, -0.05) is 47.5 Å². The van der Waals surface area contributed by atoms with Crippen LogP contribution in [0.4, 0.5) is 0 Å². The maximum Gasteiger partial charge on any atom is 0.297 e. The summed E-state index contributed by atoms with van der Waals surface area (Å²) in [5.74, 6) is -0.500. The highest BCUT2D eigenvalue weighted by Crippen LogP contribution is 2.51. The Morgan fingerprint density at radius 3 is 2.47 bits per heavy atom. The van der Waals surface area contributed by atoms with Gasteiger partial charge in [-0.3, -0.25) is 14.3 Å². The SMILES string of the molecule is COS(=O)(=O)c1ccc(C)cc1[C@H]1c2cc(Cl)ccc2Oc2ccccc2[C@@H]1C[N+](=O)[O-]. The van der Waals surface area contributed by atoms with Gasteiger partial charge in [-0.15, -0.1) is 0 Å². The van der Waals surface area contributed by atoms with Crippen LogP contribution >= 0.6 is 11.6 Å². The topological polar surface area (TPSA) is 95.7 Å². The lowest BCUT2D eigenvalue weighted by molar-refractivity contribution is -0.483. The van der Waals surface area contributed by atoms with Crippen molar-refractivity contribution in [1.29, 1.82) is 0 Å². The molecule has 3 aromatic rings. The van der Waals surface area contributed by atoms with E-state index < -0.39 is 33.4 Å². The van der Waals surface area contributed by atoms with Crippen LogP contribution in [0.25, 0.3) is 0 Å². The number of nitro groups is 1. The number of benzene rings is 3. The molecule has 0 spiro atoms. The fraction of sp³-hybridized carbons (Fsp3) is 0.217. The molecule has 0 aliphatic carbocycles. The monoisotopic (exact) mass is 473 g/mol. The summed E-state index contributed by atoms with van der Waals surface area (Å²) in [6, 6.07) is 17.0. The molecule has 1 aliphatic rings. The number of nitrogens with zero attached hydrogens (tertiary/aromatic N) is 1. The number of halogens is 1. The molecule has 0 fully saturated rings. The number of para-hydroxylation sites is 1. The summed E-state index contributed by atoms with van der Waals surface area (Å²) in [4.78, 5) is 11.3. The fourth-order valence-electron chi connectivity index (χ4n) is 4.23. The van der Waals surface area contributed by atoms with E-state index in [1.165, 1.54) is 6.07 Å². The van der Waals surface area contributed by atoms with Crippen LogP contribution in [-0.4, -0.2) is 27.0 Å². The van der Waals surface area contributed by atoms with E-state index in [4.69, 9.17) is 20.5 Å². The molecule has 7 nitrogen and oxygen atoms in total. The lowest BCUT2D eigenvalue weighted by Crippen LogP contribution is -2.22. The van der Waals surface area contributed by atoms with Crippen LogP contribution in [-0.2, 0) is 14.3 Å². The predicted molar refractivity (Wildman–Crippen MR) is 120 cm³/mol. The van der Waals surface area contributed by atoms with E-state index in [-0.39, 0.29) is 4.90 Å². The Kier molecular flexibility index (Phi) is 5.94. The number of hydrogen-bond donors (Lipinski definition) is 0. The van der Waals surface area contributed by atoms with Gasteiger partial charge in [0.2, 0.25) is 6.54 Å². The molecular weight excluding hydrogens is 454 g/mol. The second kappa shape index (κ2) is 8.54. The molecule has 4 rings (SSSR count). The first kappa shape index (κ1) is 22.3. The van der Waals surface area contributed by atoms with E-state index >= 15 is 0 Å². The van der Waals surface area contributed by atoms with Crippen LogP contribution < -0.4 is 4.74 Å². The molecule has 0 N–H and O–H groups in total. The Morgan fingerprint density at radius 2 is 1.75 bits per heavy atom. The first-order valence-corrected chi connectivity index (χ1v) is 11.6. The van der Waals surface area contributed by atoms with Crippen molar-refractivity contribution < 1.29 is 22.3 Å². The zero-order chi connectivity index (χ0) is 23.0. The van der Waals surface area contributed by atoms with Gasteiger partial charge in [0.1, 0.15) is 11.5 Å². The van der Waals surface area contributed by atoms with Crippen molar-refractivity contribution in [2.75, 3.05) is 13.7 Å². The number of hydrogen-bond acceptors (Lipinski definition) is 6. The van der Waals surface area contributed by atoms with Gasteiger partial charge >= 0.3 is 0 Å². The van der Waals surface area contributed by atoms with Crippen molar-refractivity contribution in [3.05, 3.63) is 98.1 Å². The maximum absolute atomic E-state index is 12.8. The zero-order valence-corrected chi connectivity index (χ0v) is 18.9. The highest BCUT2D eigenvalue weighted by Gasteiger charge is 2.39. The molecule has 0 saturated carbocycles. The van der Waals surface area contributed by atoms with Crippen LogP contribution in [0.5, 0.6) is 11.5 Å². The van der Waals surface area contributed by atoms with Gasteiger partial charge in [0, 0.05) is 27.0 Å². The van der Waals surface area contributed by atoms with Crippen molar-refractivity contribution >= 4 is 21.7 Å². The van der Waals surface area contributed by atoms with Gasteiger partial charge in [0.05, 0.1) is 17.9 Å². The molecule has 2 atom stereocenters. The number of fused-ring (bicyclic) bond motifs is 2. The summed E-state index contributed by atoms with van der Waals surface area (Å²) in [6.07, 6.45) is 0. The van der Waals surface area contributed by atoms with Crippen molar-refractivity contribution in [1.82, 2.24) is 0 Å². The van der Waals surface area contributed by atoms with Crippen molar-refractivity contribution in [3.63, 3.8) is 0 Å². The summed E-state index contributed by atoms with van der Waals surface area (Å²) < 4.78 is 36.5. The van der Waals surface area contributed by atoms with Gasteiger partial charge in [-0.25, -0.2) is 0 Å². The highest BCUT2D eigenvalue weighted by molar-refractivity contribution is 7.86. The van der Waals surface area contributed by atoms with Gasteiger partial charge in [-0.05, 0) is 42.8 Å². The maximum atomic E-state index is 12.8. The standard InChI is InChI=1S/C23H20ClNO6S/c1-14-7-10-22(32(28,29)30-2)18(11-14)23-17-12-15(24)8-9-21(17)31-20-6-4-3-5-16(20)19(23)13-25(26)27/h3-12,19,23H,13H2,1-2H3/t19-,23+/m0/s1. The highest BCUT2D eigenvalue weighted by atomic mass is 35.5. The van der Waals surface area contributed by atoms with Gasteiger partial charge < -0.3 is 4.74 Å². The summed E-state index contributed by atoms with van der Waals surface area (Å²) in [5.41, 5.74) is 2.38. The molecule has 9 heteroatoms. The lowest BCUT2D eigenvalue weighted by atomic mass is 9.77. The minimum absolute atomic E-state index is 0.0470. The molecule has 32 heavy (non-hydrogen) atoms. The summed E-state index contributed by atoms with van der Waals surface area (Å²) in [6.45, 7) is 1.40. The van der Waals surface area contributed by atoms with Gasteiger partial charge in [0.25, 0.3) is 10.1 Å². The Bertz CT molecular complexity index is 1310. The first-order valence-electron chi connectivity index (χ1n) is 9.80. The largest absolute Gasteiger partial charge is 0.457 e. The molecule has 0 unspecified atom stereocenters. The Hall–Kier alpha value is -2.94. The predicted octanol–water partition coefficient (Wildman–Crippen LogP) is 5.28. The second-order valence-electron chi connectivity index (χ2n) is 7.58. The molecule has 3 aromatic carbocycles. The fourth-order valence-corrected chi connectivity index (χ4v) is 5.30. The third kappa shape index (κ3) is 4.09. The van der Waals surface area contributed by atoms with Crippen molar-refractivity contribution in [2.24, 2.45) is 0 Å². The molecule has 1 heterocycles. The molecule has 0 amide bonds. The molecule has 166 valence electrons. The zero-order valence-electron chi connectivity index (χ0n) is 17.3. The molecule has 0 radical (unpaired) electrons. The third-order valence-corrected chi connectivity index (χ3v) is 7.17. The molecule has 0 saturated heterocycles. The lowest BCUT2D eigenvalue weighted by Gasteiger charge is -2.26. The van der Waals surface area contributed by atoms with Gasteiger partial charge in [-0.2, -0.15) is 8.42 Å². The van der Waals surface area contributed by atoms with E-state index in [0.717, 1.165) is 12.7 Å². The molecule has 0 bridgehead atoms. The van der Waals surface area contributed by atoms with E-state index in [0.29, 0.717) is 33.2 Å². The van der Waals surface area contributed by atoms with E-state index in [1.807, 2.05) is 6.92 Å². The summed E-state index contributed by atoms with van der Waals surface area (Å²) >= 11 is 6.30. The quantitative estimate of drug-likeness (QED) is 0.284. The molecular formula is C23H20ClNO6S. The van der Waals surface area contributed by atoms with Crippen LogP contribution in [0, 0.1) is 17.0 Å². The molecule has 1 aliphatic heterocycles. The van der Waals surface area contributed by atoms with Crippen molar-refractivity contribution in [2.45, 2.75) is 23.7 Å². The van der Waals surface area contributed by atoms with Crippen LogP contribution in [0.2, 0.25) is 5.02 Å². The normalized spacial score (nSPS) is 17.6. The average Bonchev–Trinajstić information content (AvgIpc) is 2.87. The Morgan fingerprint density at radius 1 is 1.03 bits per heavy atom. The molecule has 0 aromatic heterocycles. The smallest absolute Gasteiger partial charge is 0.297 e. The van der Waals surface area contributed by atoms with E-state index in [1.54, 1.807) is 54.6 Å². The number of aryl methyl sites for hydroxylation is 1. The summed E-state index contributed by atoms with van der Waals surface area (Å²) in [5, 5.41) is 12.2. The van der Waals surface area contributed by atoms with Gasteiger partial charge in [0.15, 0.2) is 0 Å². The van der Waals surface area contributed by atoms with E-state index in [9.17, 15) is 18.5 Å². The Labute approximate surface area is 190 Å². The third-order valence-electron chi connectivity index (χ3n) is 5.58. The van der Waals surface area contributed by atoms with Crippen molar-refractivity contribution in [3.8, 4) is 11.5 Å². The van der Waals surface area contributed by atoms with Crippen LogP contribution in [0.1, 0.15) is 34.1 Å². The number of ether oxygens (including phenoxy) is 1. The minimum atomic E-state index is -4.09. The number of rotatable bonds is 5. The minimum Gasteiger partial charge on any atom is -0.457 e. The van der Waals surface area contributed by atoms with Crippen LogP contribution in [0.3, 0.4) is 0 Å². The summed E-state index contributed by atoms with van der Waals surface area (Å²) in [7, 11) is -3.01.